The van der Waals surface area contributed by atoms with E-state index in [-0.39, 0.29) is 23.9 Å². The Morgan fingerprint density at radius 2 is 2.00 bits per heavy atom. The van der Waals surface area contributed by atoms with Crippen molar-refractivity contribution in [3.63, 3.8) is 0 Å². The number of nitrogens with zero attached hydrogens (tertiary/aromatic N) is 4. The van der Waals surface area contributed by atoms with Crippen molar-refractivity contribution < 1.29 is 4.79 Å². The largest absolute Gasteiger partial charge is 0.350 e. The van der Waals surface area contributed by atoms with Crippen LogP contribution in [0.3, 0.4) is 0 Å². The molecule has 2 aromatic heterocycles. The number of nitrogens with one attached hydrogen (secondary N) is 2. The van der Waals surface area contributed by atoms with Crippen LogP contribution in [0.4, 0.5) is 0 Å². The molecule has 0 bridgehead atoms. The summed E-state index contributed by atoms with van der Waals surface area (Å²) in [6.07, 6.45) is 3.70. The van der Waals surface area contributed by atoms with Crippen LogP contribution in [0.5, 0.6) is 0 Å². The second-order valence-electron chi connectivity index (χ2n) is 6.44. The minimum atomic E-state index is -0.176. The normalized spacial score (nSPS) is 12.0. The molecule has 3 aromatic rings. The fraction of sp³-hybridized carbons (Fsp3) is 0.316. The second-order valence-corrected chi connectivity index (χ2v) is 6.44. The summed E-state index contributed by atoms with van der Waals surface area (Å²) < 4.78 is 1.67. The Labute approximate surface area is 156 Å². The van der Waals surface area contributed by atoms with E-state index in [1.807, 2.05) is 31.2 Å². The van der Waals surface area contributed by atoms with Gasteiger partial charge >= 0.3 is 0 Å². The SMILES string of the molecule is Cc1nc(C)c(CCC(=O)N[C@H](C)c2ccc(-n3cncn3)cc2)c(=O)[nH]1. The van der Waals surface area contributed by atoms with Crippen LogP contribution in [0.1, 0.15) is 42.0 Å². The van der Waals surface area contributed by atoms with Gasteiger partial charge in [-0.3, -0.25) is 9.59 Å². The quantitative estimate of drug-likeness (QED) is 0.692. The van der Waals surface area contributed by atoms with Crippen LogP contribution in [-0.2, 0) is 11.2 Å². The molecule has 1 atom stereocenters. The lowest BCUT2D eigenvalue weighted by Gasteiger charge is -2.15. The third-order valence-electron chi connectivity index (χ3n) is 4.40. The molecule has 2 heterocycles. The molecule has 0 aliphatic rings. The number of aryl methyl sites for hydroxylation is 2. The monoisotopic (exact) mass is 366 g/mol. The van der Waals surface area contributed by atoms with Crippen LogP contribution in [0.25, 0.3) is 5.69 Å². The van der Waals surface area contributed by atoms with Crippen molar-refractivity contribution in [2.24, 2.45) is 0 Å². The molecule has 0 fully saturated rings. The Bertz CT molecular complexity index is 976. The molecule has 0 unspecified atom stereocenters. The van der Waals surface area contributed by atoms with E-state index in [2.05, 4.69) is 25.4 Å². The van der Waals surface area contributed by atoms with Gasteiger partial charge in [0.15, 0.2) is 0 Å². The van der Waals surface area contributed by atoms with Crippen molar-refractivity contribution in [3.8, 4) is 5.69 Å². The fourth-order valence-electron chi connectivity index (χ4n) is 2.94. The van der Waals surface area contributed by atoms with Crippen LogP contribution in [0.2, 0.25) is 0 Å². The molecule has 0 radical (unpaired) electrons. The van der Waals surface area contributed by atoms with E-state index in [9.17, 15) is 9.59 Å². The van der Waals surface area contributed by atoms with Crippen molar-refractivity contribution in [3.05, 3.63) is 69.9 Å². The summed E-state index contributed by atoms with van der Waals surface area (Å²) in [5.74, 6) is 0.468. The Kier molecular flexibility index (Phi) is 5.44. The third-order valence-corrected chi connectivity index (χ3v) is 4.40. The minimum Gasteiger partial charge on any atom is -0.350 e. The van der Waals surface area contributed by atoms with Gasteiger partial charge in [0.25, 0.3) is 5.56 Å². The standard InChI is InChI=1S/C19H22N6O2/c1-12(15-4-6-16(7-5-15)25-11-20-10-21-25)23-18(26)9-8-17-13(2)22-14(3)24-19(17)27/h4-7,10-12H,8-9H2,1-3H3,(H,23,26)(H,22,24,27)/t12-/m1/s1. The first-order chi connectivity index (χ1) is 12.9. The third kappa shape index (κ3) is 4.46. The van der Waals surface area contributed by atoms with E-state index in [1.165, 1.54) is 6.33 Å². The maximum absolute atomic E-state index is 12.3. The maximum atomic E-state index is 12.3. The molecule has 3 rings (SSSR count). The van der Waals surface area contributed by atoms with Gasteiger partial charge in [0.05, 0.1) is 11.7 Å². The van der Waals surface area contributed by atoms with E-state index in [1.54, 1.807) is 24.9 Å². The van der Waals surface area contributed by atoms with Gasteiger partial charge in [-0.2, -0.15) is 5.10 Å². The van der Waals surface area contributed by atoms with Gasteiger partial charge in [0.1, 0.15) is 18.5 Å². The summed E-state index contributed by atoms with van der Waals surface area (Å²) in [6, 6.07) is 7.60. The number of carbonyl (C=O) groups excluding carboxylic acids is 1. The number of rotatable bonds is 6. The van der Waals surface area contributed by atoms with Crippen molar-refractivity contribution in [1.82, 2.24) is 30.0 Å². The topological polar surface area (TPSA) is 106 Å². The van der Waals surface area contributed by atoms with Crippen molar-refractivity contribution in [1.29, 1.82) is 0 Å². The van der Waals surface area contributed by atoms with Gasteiger partial charge in [-0.15, -0.1) is 0 Å². The summed E-state index contributed by atoms with van der Waals surface area (Å²) in [7, 11) is 0. The molecule has 27 heavy (non-hydrogen) atoms. The molecule has 8 nitrogen and oxygen atoms in total. The average Bonchev–Trinajstić information content (AvgIpc) is 3.15. The number of H-pyrrole nitrogens is 1. The number of carbonyl (C=O) groups is 1. The zero-order valence-electron chi connectivity index (χ0n) is 15.6. The average molecular weight is 366 g/mol. The number of aromatic nitrogens is 5. The lowest BCUT2D eigenvalue weighted by Crippen LogP contribution is -2.28. The summed E-state index contributed by atoms with van der Waals surface area (Å²) >= 11 is 0. The summed E-state index contributed by atoms with van der Waals surface area (Å²) in [5.41, 5.74) is 2.93. The Hall–Kier alpha value is -3.29. The molecular weight excluding hydrogens is 344 g/mol. The first-order valence-corrected chi connectivity index (χ1v) is 8.75. The zero-order valence-corrected chi connectivity index (χ0v) is 15.6. The van der Waals surface area contributed by atoms with E-state index in [4.69, 9.17) is 0 Å². The van der Waals surface area contributed by atoms with Gasteiger partial charge in [-0.25, -0.2) is 14.6 Å². The number of aromatic amines is 1. The smallest absolute Gasteiger partial charge is 0.254 e. The Balaban J connectivity index is 1.58. The molecule has 2 N–H and O–H groups in total. The van der Waals surface area contributed by atoms with Crippen molar-refractivity contribution in [2.75, 3.05) is 0 Å². The predicted octanol–water partition coefficient (Wildman–Crippen LogP) is 1.78. The Morgan fingerprint density at radius 3 is 2.63 bits per heavy atom. The first kappa shape index (κ1) is 18.5. The van der Waals surface area contributed by atoms with Crippen LogP contribution in [0, 0.1) is 13.8 Å². The maximum Gasteiger partial charge on any atom is 0.254 e. The molecule has 1 amide bonds. The summed E-state index contributed by atoms with van der Waals surface area (Å²) in [6.45, 7) is 5.45. The van der Waals surface area contributed by atoms with E-state index in [0.29, 0.717) is 23.5 Å². The highest BCUT2D eigenvalue weighted by molar-refractivity contribution is 5.76. The van der Waals surface area contributed by atoms with Crippen LogP contribution >= 0.6 is 0 Å². The fourth-order valence-corrected chi connectivity index (χ4v) is 2.94. The first-order valence-electron chi connectivity index (χ1n) is 8.75. The summed E-state index contributed by atoms with van der Waals surface area (Å²) in [4.78, 5) is 35.1. The van der Waals surface area contributed by atoms with Crippen LogP contribution < -0.4 is 10.9 Å². The van der Waals surface area contributed by atoms with Gasteiger partial charge in [-0.1, -0.05) is 12.1 Å². The molecule has 140 valence electrons. The second kappa shape index (κ2) is 7.94. The van der Waals surface area contributed by atoms with Crippen LogP contribution in [0.15, 0.2) is 41.7 Å². The predicted molar refractivity (Wildman–Crippen MR) is 101 cm³/mol. The lowest BCUT2D eigenvalue weighted by molar-refractivity contribution is -0.121. The molecule has 0 saturated carbocycles. The molecule has 0 aliphatic carbocycles. The molecule has 0 saturated heterocycles. The van der Waals surface area contributed by atoms with Crippen LogP contribution in [-0.4, -0.2) is 30.6 Å². The molecule has 8 heteroatoms. The molecule has 0 spiro atoms. The zero-order chi connectivity index (χ0) is 19.4. The van der Waals surface area contributed by atoms with Gasteiger partial charge in [0, 0.05) is 17.7 Å². The highest BCUT2D eigenvalue weighted by Crippen LogP contribution is 2.15. The number of hydrogen-bond acceptors (Lipinski definition) is 5. The number of amides is 1. The van der Waals surface area contributed by atoms with Crippen molar-refractivity contribution in [2.45, 2.75) is 39.7 Å². The van der Waals surface area contributed by atoms with E-state index < -0.39 is 0 Å². The number of benzene rings is 1. The highest BCUT2D eigenvalue weighted by atomic mass is 16.1. The molecule has 1 aromatic carbocycles. The minimum absolute atomic E-state index is 0.109. The molecular formula is C19H22N6O2. The summed E-state index contributed by atoms with van der Waals surface area (Å²) in [5, 5.41) is 7.05. The molecule has 0 aliphatic heterocycles. The van der Waals surface area contributed by atoms with Gasteiger partial charge < -0.3 is 10.3 Å². The van der Waals surface area contributed by atoms with Gasteiger partial charge in [-0.05, 0) is 44.9 Å². The Morgan fingerprint density at radius 1 is 1.26 bits per heavy atom. The van der Waals surface area contributed by atoms with Gasteiger partial charge in [0.2, 0.25) is 5.91 Å². The number of hydrogen-bond donors (Lipinski definition) is 2. The van der Waals surface area contributed by atoms with E-state index >= 15 is 0 Å². The highest BCUT2D eigenvalue weighted by Gasteiger charge is 2.13. The van der Waals surface area contributed by atoms with Crippen molar-refractivity contribution >= 4 is 5.91 Å². The van der Waals surface area contributed by atoms with E-state index in [0.717, 1.165) is 11.3 Å². The lowest BCUT2D eigenvalue weighted by atomic mass is 10.1.